The van der Waals surface area contributed by atoms with Crippen molar-refractivity contribution in [3.63, 3.8) is 0 Å². The first kappa shape index (κ1) is 19.6. The van der Waals surface area contributed by atoms with Crippen molar-refractivity contribution in [1.82, 2.24) is 20.0 Å². The van der Waals surface area contributed by atoms with Crippen molar-refractivity contribution >= 4 is 11.8 Å². The van der Waals surface area contributed by atoms with E-state index in [0.29, 0.717) is 29.6 Å². The van der Waals surface area contributed by atoms with E-state index >= 15 is 0 Å². The topological polar surface area (TPSA) is 124 Å². The number of likely N-dealkylation sites (tertiary alicyclic amines) is 1. The van der Waals surface area contributed by atoms with Gasteiger partial charge in [-0.1, -0.05) is 23.4 Å². The molecule has 0 bridgehead atoms. The maximum absolute atomic E-state index is 12.8. The van der Waals surface area contributed by atoms with Crippen LogP contribution in [-0.4, -0.2) is 45.0 Å². The van der Waals surface area contributed by atoms with Crippen LogP contribution >= 0.6 is 0 Å². The maximum Gasteiger partial charge on any atom is 0.261 e. The number of carbonyl (C=O) groups is 2. The van der Waals surface area contributed by atoms with E-state index in [-0.39, 0.29) is 24.1 Å². The number of carbonyl (C=O) groups excluding carboxylic acids is 2. The fraction of sp³-hybridized carbons (Fsp3) is 0.286. The van der Waals surface area contributed by atoms with Crippen molar-refractivity contribution in [3.8, 4) is 17.1 Å². The molecular formula is C21H21N5O4. The first-order chi connectivity index (χ1) is 14.6. The van der Waals surface area contributed by atoms with Gasteiger partial charge in [-0.25, -0.2) is 0 Å². The quantitative estimate of drug-likeness (QED) is 0.665. The third-order valence-corrected chi connectivity index (χ3v) is 4.94. The highest BCUT2D eigenvalue weighted by atomic mass is 16.5. The molecule has 0 saturated carbocycles. The van der Waals surface area contributed by atoms with Crippen LogP contribution in [0.4, 0.5) is 0 Å². The minimum absolute atomic E-state index is 0.0634. The number of pyridine rings is 1. The van der Waals surface area contributed by atoms with Crippen LogP contribution in [0.5, 0.6) is 5.75 Å². The van der Waals surface area contributed by atoms with Crippen LogP contribution in [0.3, 0.4) is 0 Å². The fourth-order valence-corrected chi connectivity index (χ4v) is 3.42. The van der Waals surface area contributed by atoms with Crippen LogP contribution in [0.1, 0.15) is 41.6 Å². The Morgan fingerprint density at radius 1 is 1.20 bits per heavy atom. The molecular weight excluding hydrogens is 386 g/mol. The number of piperidine rings is 1. The summed E-state index contributed by atoms with van der Waals surface area (Å²) >= 11 is 0. The number of hydrogen-bond acceptors (Lipinski definition) is 7. The van der Waals surface area contributed by atoms with Gasteiger partial charge in [-0.3, -0.25) is 14.6 Å². The second-order valence-electron chi connectivity index (χ2n) is 6.98. The molecule has 0 radical (unpaired) electrons. The first-order valence-electron chi connectivity index (χ1n) is 9.68. The van der Waals surface area contributed by atoms with E-state index in [0.717, 1.165) is 19.3 Å². The number of nitrogens with zero attached hydrogens (tertiary/aromatic N) is 4. The Balaban J connectivity index is 1.50. The Morgan fingerprint density at radius 3 is 2.83 bits per heavy atom. The molecule has 1 aliphatic heterocycles. The molecule has 9 heteroatoms. The number of nitrogens with two attached hydrogens (primary N) is 1. The molecule has 1 aromatic carbocycles. The molecule has 0 spiro atoms. The average Bonchev–Trinajstić information content (AvgIpc) is 3.28. The lowest BCUT2D eigenvalue weighted by Gasteiger charge is -2.33. The third-order valence-electron chi connectivity index (χ3n) is 4.94. The normalized spacial score (nSPS) is 16.3. The summed E-state index contributed by atoms with van der Waals surface area (Å²) in [5.74, 6) is 0.555. The average molecular weight is 407 g/mol. The van der Waals surface area contributed by atoms with Gasteiger partial charge in [0.2, 0.25) is 17.6 Å². The highest BCUT2D eigenvalue weighted by Gasteiger charge is 2.32. The minimum Gasteiger partial charge on any atom is -0.484 e. The van der Waals surface area contributed by atoms with E-state index in [1.807, 2.05) is 18.2 Å². The van der Waals surface area contributed by atoms with Crippen LogP contribution in [0, 0.1) is 0 Å². The van der Waals surface area contributed by atoms with E-state index < -0.39 is 5.91 Å². The van der Waals surface area contributed by atoms with Crippen LogP contribution in [0.15, 0.2) is 53.3 Å². The summed E-state index contributed by atoms with van der Waals surface area (Å²) in [6.07, 6.45) is 5.47. The summed E-state index contributed by atoms with van der Waals surface area (Å²) in [6, 6.07) is 10.4. The number of aromatic nitrogens is 3. The van der Waals surface area contributed by atoms with Gasteiger partial charge in [0.25, 0.3) is 5.91 Å². The number of benzene rings is 1. The fourth-order valence-electron chi connectivity index (χ4n) is 3.42. The molecule has 1 fully saturated rings. The Hall–Kier alpha value is -3.75. The zero-order valence-electron chi connectivity index (χ0n) is 16.2. The zero-order chi connectivity index (χ0) is 20.9. The van der Waals surface area contributed by atoms with E-state index in [9.17, 15) is 9.59 Å². The van der Waals surface area contributed by atoms with Gasteiger partial charge < -0.3 is 19.9 Å². The second-order valence-corrected chi connectivity index (χ2v) is 6.98. The van der Waals surface area contributed by atoms with Crippen LogP contribution in [0.2, 0.25) is 0 Å². The summed E-state index contributed by atoms with van der Waals surface area (Å²) in [5, 5.41) is 4.00. The third kappa shape index (κ3) is 4.29. The van der Waals surface area contributed by atoms with Crippen molar-refractivity contribution in [3.05, 3.63) is 60.2 Å². The number of amides is 2. The van der Waals surface area contributed by atoms with Crippen molar-refractivity contribution in [2.24, 2.45) is 5.73 Å². The number of hydrogen-bond donors (Lipinski definition) is 1. The molecule has 30 heavy (non-hydrogen) atoms. The van der Waals surface area contributed by atoms with E-state index in [1.165, 1.54) is 12.4 Å². The lowest BCUT2D eigenvalue weighted by Crippen LogP contribution is -2.41. The van der Waals surface area contributed by atoms with Gasteiger partial charge in [0.1, 0.15) is 11.8 Å². The van der Waals surface area contributed by atoms with E-state index in [2.05, 4.69) is 15.1 Å². The molecule has 0 aliphatic carbocycles. The molecule has 3 heterocycles. The van der Waals surface area contributed by atoms with Crippen LogP contribution < -0.4 is 10.5 Å². The molecule has 2 amide bonds. The van der Waals surface area contributed by atoms with Crippen molar-refractivity contribution in [2.75, 3.05) is 13.2 Å². The molecule has 1 atom stereocenters. The summed E-state index contributed by atoms with van der Waals surface area (Å²) in [4.78, 5) is 34.4. The first-order valence-corrected chi connectivity index (χ1v) is 9.68. The largest absolute Gasteiger partial charge is 0.484 e. The minimum atomic E-state index is -0.587. The van der Waals surface area contributed by atoms with Gasteiger partial charge in [-0.2, -0.15) is 4.98 Å². The highest BCUT2D eigenvalue weighted by Crippen LogP contribution is 2.31. The molecule has 3 aromatic rings. The molecule has 2 N–H and O–H groups in total. The SMILES string of the molecule is NC(=O)c1cncc(-c2noc([C@H]3CCCCN3C(=O)COc3ccccc3)n2)c1. The highest BCUT2D eigenvalue weighted by molar-refractivity contribution is 5.93. The molecule has 2 aromatic heterocycles. The lowest BCUT2D eigenvalue weighted by molar-refractivity contribution is -0.138. The Kier molecular flexibility index (Phi) is 5.69. The van der Waals surface area contributed by atoms with Crippen molar-refractivity contribution in [1.29, 1.82) is 0 Å². The number of primary amides is 1. The second kappa shape index (κ2) is 8.73. The standard InChI is InChI=1S/C21H21N5O4/c22-19(28)14-10-15(12-23-11-14)20-24-21(30-25-20)17-8-4-5-9-26(17)18(27)13-29-16-6-2-1-3-7-16/h1-3,6-7,10-12,17H,4-5,8-9,13H2,(H2,22,28)/t17-/m1/s1. The van der Waals surface area contributed by atoms with Gasteiger partial charge in [-0.15, -0.1) is 0 Å². The Morgan fingerprint density at radius 2 is 2.03 bits per heavy atom. The van der Waals surface area contributed by atoms with Gasteiger partial charge in [0, 0.05) is 24.5 Å². The molecule has 1 saturated heterocycles. The predicted octanol–water partition coefficient (Wildman–Crippen LogP) is 2.36. The number of ether oxygens (including phenoxy) is 1. The molecule has 9 nitrogen and oxygen atoms in total. The van der Waals surface area contributed by atoms with Gasteiger partial charge in [0.05, 0.1) is 5.56 Å². The summed E-state index contributed by atoms with van der Waals surface area (Å²) in [6.45, 7) is 0.532. The zero-order valence-corrected chi connectivity index (χ0v) is 16.2. The van der Waals surface area contributed by atoms with Crippen molar-refractivity contribution < 1.29 is 18.8 Å². The Bertz CT molecular complexity index is 1040. The molecule has 1 aliphatic rings. The van der Waals surface area contributed by atoms with E-state index in [1.54, 1.807) is 23.1 Å². The van der Waals surface area contributed by atoms with Crippen LogP contribution in [0.25, 0.3) is 11.4 Å². The van der Waals surface area contributed by atoms with Crippen LogP contribution in [-0.2, 0) is 4.79 Å². The van der Waals surface area contributed by atoms with Gasteiger partial charge >= 0.3 is 0 Å². The lowest BCUT2D eigenvalue weighted by atomic mass is 10.0. The summed E-state index contributed by atoms with van der Waals surface area (Å²) < 4.78 is 11.1. The van der Waals surface area contributed by atoms with Gasteiger partial charge in [-0.05, 0) is 37.5 Å². The predicted molar refractivity (Wildman–Crippen MR) is 106 cm³/mol. The molecule has 0 unspecified atom stereocenters. The number of rotatable bonds is 6. The van der Waals surface area contributed by atoms with E-state index in [4.69, 9.17) is 15.0 Å². The molecule has 4 rings (SSSR count). The Labute approximate surface area is 172 Å². The maximum atomic E-state index is 12.8. The molecule has 154 valence electrons. The van der Waals surface area contributed by atoms with Gasteiger partial charge in [0.15, 0.2) is 6.61 Å². The number of para-hydroxylation sites is 1. The summed E-state index contributed by atoms with van der Waals surface area (Å²) in [7, 11) is 0. The monoisotopic (exact) mass is 407 g/mol. The van der Waals surface area contributed by atoms with Crippen molar-refractivity contribution in [2.45, 2.75) is 25.3 Å². The smallest absolute Gasteiger partial charge is 0.261 e. The summed E-state index contributed by atoms with van der Waals surface area (Å²) in [5.41, 5.74) is 6.08.